The van der Waals surface area contributed by atoms with Crippen LogP contribution in [0.25, 0.3) is 0 Å². The molecule has 132 valence electrons. The Morgan fingerprint density at radius 3 is 2.16 bits per heavy atom. The van der Waals surface area contributed by atoms with Crippen molar-refractivity contribution in [3.05, 3.63) is 59.1 Å². The fraction of sp³-hybridized carbons (Fsp3) is 0.235. The summed E-state index contributed by atoms with van der Waals surface area (Å²) in [5.41, 5.74) is 0.219. The monoisotopic (exact) mass is 380 g/mol. The van der Waals surface area contributed by atoms with Crippen LogP contribution in [0.5, 0.6) is 5.75 Å². The van der Waals surface area contributed by atoms with E-state index in [2.05, 4.69) is 0 Å². The maximum Gasteiger partial charge on any atom is 0.257 e. The second kappa shape index (κ2) is 7.03. The zero-order chi connectivity index (χ0) is 18.0. The molecule has 1 saturated heterocycles. The first-order valence-corrected chi connectivity index (χ1v) is 9.54. The van der Waals surface area contributed by atoms with Crippen LogP contribution >= 0.6 is 11.6 Å². The van der Waals surface area contributed by atoms with Crippen molar-refractivity contribution in [1.82, 2.24) is 9.21 Å². The summed E-state index contributed by atoms with van der Waals surface area (Å²) in [5, 5.41) is 10.3. The van der Waals surface area contributed by atoms with Crippen LogP contribution in [0.15, 0.2) is 53.4 Å². The van der Waals surface area contributed by atoms with Crippen molar-refractivity contribution >= 4 is 27.5 Å². The van der Waals surface area contributed by atoms with Gasteiger partial charge >= 0.3 is 0 Å². The number of nitrogens with zero attached hydrogens (tertiary/aromatic N) is 2. The van der Waals surface area contributed by atoms with Gasteiger partial charge in [-0.1, -0.05) is 23.7 Å². The Morgan fingerprint density at radius 2 is 1.56 bits per heavy atom. The maximum atomic E-state index is 12.6. The fourth-order valence-corrected chi connectivity index (χ4v) is 4.26. The Kier molecular flexibility index (Phi) is 4.99. The minimum atomic E-state index is -3.61. The summed E-state index contributed by atoms with van der Waals surface area (Å²) < 4.78 is 26.6. The molecule has 1 aliphatic heterocycles. The van der Waals surface area contributed by atoms with E-state index < -0.39 is 10.0 Å². The predicted molar refractivity (Wildman–Crippen MR) is 94.2 cm³/mol. The largest absolute Gasteiger partial charge is 0.507 e. The molecule has 6 nitrogen and oxygen atoms in total. The van der Waals surface area contributed by atoms with Crippen molar-refractivity contribution in [2.45, 2.75) is 4.90 Å². The molecule has 2 aromatic carbocycles. The van der Waals surface area contributed by atoms with Crippen LogP contribution in [0, 0.1) is 0 Å². The molecule has 8 heteroatoms. The molecule has 0 aliphatic carbocycles. The Balaban J connectivity index is 1.70. The molecule has 1 fully saturated rings. The highest BCUT2D eigenvalue weighted by Gasteiger charge is 2.30. The smallest absolute Gasteiger partial charge is 0.257 e. The number of sulfonamides is 1. The standard InChI is InChI=1S/C17H17ClN2O4S/c18-13-5-7-14(8-6-13)25(23,24)20-11-9-19(10-12-20)17(22)15-3-1-2-4-16(15)21/h1-8,21H,9-12H2. The summed E-state index contributed by atoms with van der Waals surface area (Å²) in [4.78, 5) is 14.2. The van der Waals surface area contributed by atoms with Crippen molar-refractivity contribution in [2.75, 3.05) is 26.2 Å². The quantitative estimate of drug-likeness (QED) is 0.885. The van der Waals surface area contributed by atoms with Gasteiger partial charge in [0.1, 0.15) is 5.75 Å². The highest BCUT2D eigenvalue weighted by atomic mass is 35.5. The van der Waals surface area contributed by atoms with Gasteiger partial charge in [-0.05, 0) is 36.4 Å². The van der Waals surface area contributed by atoms with Crippen LogP contribution in [-0.2, 0) is 10.0 Å². The number of halogens is 1. The van der Waals surface area contributed by atoms with E-state index in [4.69, 9.17) is 11.6 Å². The zero-order valence-corrected chi connectivity index (χ0v) is 14.9. The van der Waals surface area contributed by atoms with E-state index >= 15 is 0 Å². The molecule has 0 bridgehead atoms. The zero-order valence-electron chi connectivity index (χ0n) is 13.3. The number of amides is 1. The van der Waals surface area contributed by atoms with Gasteiger partial charge in [0.15, 0.2) is 0 Å². The number of piperazine rings is 1. The van der Waals surface area contributed by atoms with E-state index in [9.17, 15) is 18.3 Å². The lowest BCUT2D eigenvalue weighted by Gasteiger charge is -2.34. The van der Waals surface area contributed by atoms with Gasteiger partial charge < -0.3 is 10.0 Å². The van der Waals surface area contributed by atoms with E-state index in [0.29, 0.717) is 5.02 Å². The summed E-state index contributed by atoms with van der Waals surface area (Å²) in [5.74, 6) is -0.384. The lowest BCUT2D eigenvalue weighted by Crippen LogP contribution is -2.50. The highest BCUT2D eigenvalue weighted by Crippen LogP contribution is 2.22. The molecule has 0 saturated carbocycles. The first-order chi connectivity index (χ1) is 11.9. The van der Waals surface area contributed by atoms with Gasteiger partial charge in [0.25, 0.3) is 5.91 Å². The van der Waals surface area contributed by atoms with Gasteiger partial charge in [-0.25, -0.2) is 8.42 Å². The molecule has 25 heavy (non-hydrogen) atoms. The molecule has 1 amide bonds. The third kappa shape index (κ3) is 3.63. The van der Waals surface area contributed by atoms with Gasteiger partial charge in [-0.2, -0.15) is 4.31 Å². The van der Waals surface area contributed by atoms with Crippen molar-refractivity contribution in [3.8, 4) is 5.75 Å². The van der Waals surface area contributed by atoms with Crippen molar-refractivity contribution in [3.63, 3.8) is 0 Å². The predicted octanol–water partition coefficient (Wildman–Crippen LogP) is 2.19. The minimum absolute atomic E-state index is 0.0799. The average Bonchev–Trinajstić information content (AvgIpc) is 2.62. The number of benzene rings is 2. The maximum absolute atomic E-state index is 12.6. The number of aromatic hydroxyl groups is 1. The molecule has 1 aliphatic rings. The summed E-state index contributed by atoms with van der Waals surface area (Å²) >= 11 is 5.80. The van der Waals surface area contributed by atoms with Gasteiger partial charge in [0, 0.05) is 31.2 Å². The van der Waals surface area contributed by atoms with Gasteiger partial charge in [0.2, 0.25) is 10.0 Å². The summed E-state index contributed by atoms with van der Waals surface area (Å²) in [6.07, 6.45) is 0. The van der Waals surface area contributed by atoms with Crippen molar-refractivity contribution in [1.29, 1.82) is 0 Å². The molecule has 1 heterocycles. The van der Waals surface area contributed by atoms with E-state index in [1.54, 1.807) is 23.1 Å². The van der Waals surface area contributed by atoms with Gasteiger partial charge in [-0.3, -0.25) is 4.79 Å². The second-order valence-electron chi connectivity index (χ2n) is 5.67. The topological polar surface area (TPSA) is 77.9 Å². The van der Waals surface area contributed by atoms with Crippen LogP contribution in [-0.4, -0.2) is 54.8 Å². The van der Waals surface area contributed by atoms with Crippen molar-refractivity contribution < 1.29 is 18.3 Å². The Bertz CT molecular complexity index is 876. The van der Waals surface area contributed by atoms with E-state index in [1.165, 1.54) is 34.6 Å². The number of para-hydroxylation sites is 1. The molecule has 1 N–H and O–H groups in total. The van der Waals surface area contributed by atoms with E-state index in [-0.39, 0.29) is 48.3 Å². The second-order valence-corrected chi connectivity index (χ2v) is 8.04. The van der Waals surface area contributed by atoms with E-state index in [1.807, 2.05) is 0 Å². The highest BCUT2D eigenvalue weighted by molar-refractivity contribution is 7.89. The first kappa shape index (κ1) is 17.7. The van der Waals surface area contributed by atoms with Crippen LogP contribution in [0.2, 0.25) is 5.02 Å². The van der Waals surface area contributed by atoms with Gasteiger partial charge in [0.05, 0.1) is 10.5 Å². The minimum Gasteiger partial charge on any atom is -0.507 e. The summed E-state index contributed by atoms with van der Waals surface area (Å²) in [7, 11) is -3.61. The van der Waals surface area contributed by atoms with Crippen molar-refractivity contribution in [2.24, 2.45) is 0 Å². The Labute approximate surface area is 151 Å². The molecule has 0 atom stereocenters. The molecule has 3 rings (SSSR count). The Hall–Kier alpha value is -2.09. The number of phenolic OH excluding ortho intramolecular Hbond substituents is 1. The molecular formula is C17H17ClN2O4S. The van der Waals surface area contributed by atoms with Crippen LogP contribution in [0.3, 0.4) is 0 Å². The molecule has 0 radical (unpaired) electrons. The lowest BCUT2D eigenvalue weighted by molar-refractivity contribution is 0.0695. The third-order valence-corrected chi connectivity index (χ3v) is 6.28. The number of hydrogen-bond acceptors (Lipinski definition) is 4. The lowest BCUT2D eigenvalue weighted by atomic mass is 10.1. The molecule has 2 aromatic rings. The number of phenols is 1. The molecule has 0 unspecified atom stereocenters. The number of hydrogen-bond donors (Lipinski definition) is 1. The summed E-state index contributed by atoms with van der Waals surface area (Å²) in [6, 6.07) is 12.3. The normalized spacial score (nSPS) is 16.0. The Morgan fingerprint density at radius 1 is 0.960 bits per heavy atom. The first-order valence-electron chi connectivity index (χ1n) is 7.72. The van der Waals surface area contributed by atoms with Gasteiger partial charge in [-0.15, -0.1) is 0 Å². The third-order valence-electron chi connectivity index (χ3n) is 4.11. The van der Waals surface area contributed by atoms with Crippen LogP contribution in [0.1, 0.15) is 10.4 Å². The van der Waals surface area contributed by atoms with Crippen LogP contribution < -0.4 is 0 Å². The molecular weight excluding hydrogens is 364 g/mol. The number of rotatable bonds is 3. The SMILES string of the molecule is O=C(c1ccccc1O)N1CCN(S(=O)(=O)c2ccc(Cl)cc2)CC1. The number of carbonyl (C=O) groups excluding carboxylic acids is 1. The molecule has 0 aromatic heterocycles. The van der Waals surface area contributed by atoms with E-state index in [0.717, 1.165) is 0 Å². The average molecular weight is 381 g/mol. The number of carbonyl (C=O) groups is 1. The van der Waals surface area contributed by atoms with Crippen LogP contribution in [0.4, 0.5) is 0 Å². The molecule has 0 spiro atoms. The fourth-order valence-electron chi connectivity index (χ4n) is 2.71. The summed E-state index contributed by atoms with van der Waals surface area (Å²) in [6.45, 7) is 0.925.